The summed E-state index contributed by atoms with van der Waals surface area (Å²) in [7, 11) is 1.93. The van der Waals surface area contributed by atoms with Gasteiger partial charge in [-0.05, 0) is 37.0 Å². The van der Waals surface area contributed by atoms with E-state index in [0.717, 1.165) is 16.6 Å². The largest absolute Gasteiger partial charge is 0.327 e. The zero-order chi connectivity index (χ0) is 11.8. The van der Waals surface area contributed by atoms with Crippen molar-refractivity contribution in [1.82, 2.24) is 4.57 Å². The van der Waals surface area contributed by atoms with Gasteiger partial charge in [-0.3, -0.25) is 4.79 Å². The molecule has 1 aromatic rings. The van der Waals surface area contributed by atoms with Gasteiger partial charge in [0.05, 0.1) is 0 Å². The number of aromatic nitrogens is 1. The summed E-state index contributed by atoms with van der Waals surface area (Å²) in [5.74, 6) is 2.42. The first-order valence-electron chi connectivity index (χ1n) is 6.40. The minimum absolute atomic E-state index is 0.0700. The maximum atomic E-state index is 11.9. The number of nitrogens with zero attached hydrogens (tertiary/aromatic N) is 2. The van der Waals surface area contributed by atoms with Crippen LogP contribution in [0.3, 0.4) is 0 Å². The number of aryl methyl sites for hydroxylation is 1. The quantitative estimate of drug-likeness (QED) is 0.793. The van der Waals surface area contributed by atoms with Crippen molar-refractivity contribution in [3.63, 3.8) is 0 Å². The number of amides is 1. The van der Waals surface area contributed by atoms with Gasteiger partial charge in [-0.2, -0.15) is 4.99 Å². The molecule has 0 aliphatic heterocycles. The van der Waals surface area contributed by atoms with Crippen LogP contribution in [-0.4, -0.2) is 10.5 Å². The Bertz CT molecular complexity index is 488. The lowest BCUT2D eigenvalue weighted by molar-refractivity contribution is -0.119. The highest BCUT2D eigenvalue weighted by atomic mass is 32.1. The van der Waals surface area contributed by atoms with E-state index in [9.17, 15) is 4.79 Å². The van der Waals surface area contributed by atoms with Crippen LogP contribution in [0.1, 0.15) is 32.1 Å². The third kappa shape index (κ3) is 2.23. The van der Waals surface area contributed by atoms with E-state index in [4.69, 9.17) is 0 Å². The standard InChI is InChI=1S/C13H18N2OS/c1-15-4-5-17-13(15)14-12(16)8-11-7-9-2-3-10(11)6-9/h4-5,9-11H,2-3,6-8H2,1H3/t9-,10-,11-/m0/s1. The van der Waals surface area contributed by atoms with Crippen LogP contribution in [0, 0.1) is 17.8 Å². The van der Waals surface area contributed by atoms with Gasteiger partial charge < -0.3 is 4.57 Å². The molecule has 3 rings (SSSR count). The Morgan fingerprint density at radius 2 is 2.41 bits per heavy atom. The van der Waals surface area contributed by atoms with E-state index in [-0.39, 0.29) is 5.91 Å². The molecule has 0 aromatic carbocycles. The number of hydrogen-bond acceptors (Lipinski definition) is 2. The number of carbonyl (C=O) groups is 1. The molecule has 17 heavy (non-hydrogen) atoms. The van der Waals surface area contributed by atoms with E-state index in [1.54, 1.807) is 0 Å². The van der Waals surface area contributed by atoms with Gasteiger partial charge in [-0.1, -0.05) is 6.42 Å². The lowest BCUT2D eigenvalue weighted by Gasteiger charge is -2.19. The minimum Gasteiger partial charge on any atom is -0.327 e. The molecule has 1 aromatic heterocycles. The Labute approximate surface area is 105 Å². The molecule has 1 heterocycles. The van der Waals surface area contributed by atoms with E-state index in [1.165, 1.54) is 37.0 Å². The van der Waals surface area contributed by atoms with Gasteiger partial charge in [0.2, 0.25) is 5.91 Å². The second kappa shape index (κ2) is 4.41. The Kier molecular flexibility index (Phi) is 2.90. The average Bonchev–Trinajstić information content (AvgIpc) is 2.96. The summed E-state index contributed by atoms with van der Waals surface area (Å²) >= 11 is 1.53. The summed E-state index contributed by atoms with van der Waals surface area (Å²) in [6, 6.07) is 0. The Balaban J connectivity index is 1.67. The summed E-state index contributed by atoms with van der Waals surface area (Å²) in [5.41, 5.74) is 0. The van der Waals surface area contributed by atoms with Crippen molar-refractivity contribution in [2.45, 2.75) is 32.1 Å². The summed E-state index contributed by atoms with van der Waals surface area (Å²) in [4.78, 5) is 16.9. The van der Waals surface area contributed by atoms with Crippen molar-refractivity contribution in [3.05, 3.63) is 16.4 Å². The zero-order valence-electron chi connectivity index (χ0n) is 10.1. The van der Waals surface area contributed by atoms with Crippen molar-refractivity contribution in [1.29, 1.82) is 0 Å². The smallest absolute Gasteiger partial charge is 0.248 e. The molecule has 1 amide bonds. The number of thiazole rings is 1. The average molecular weight is 250 g/mol. The predicted octanol–water partition coefficient (Wildman–Crippen LogP) is 2.34. The van der Waals surface area contributed by atoms with Gasteiger partial charge in [0.1, 0.15) is 0 Å². The lowest BCUT2D eigenvalue weighted by atomic mass is 9.86. The van der Waals surface area contributed by atoms with Crippen LogP contribution in [0.25, 0.3) is 0 Å². The highest BCUT2D eigenvalue weighted by Crippen LogP contribution is 2.49. The molecule has 0 N–H and O–H groups in total. The molecule has 2 aliphatic rings. The molecule has 2 aliphatic carbocycles. The molecule has 2 fully saturated rings. The highest BCUT2D eigenvalue weighted by molar-refractivity contribution is 7.07. The fourth-order valence-electron chi connectivity index (χ4n) is 3.44. The van der Waals surface area contributed by atoms with Crippen molar-refractivity contribution in [3.8, 4) is 0 Å². The fourth-order valence-corrected chi connectivity index (χ4v) is 4.18. The van der Waals surface area contributed by atoms with Crippen molar-refractivity contribution in [2.75, 3.05) is 0 Å². The Morgan fingerprint density at radius 1 is 1.53 bits per heavy atom. The van der Waals surface area contributed by atoms with Crippen molar-refractivity contribution < 1.29 is 4.79 Å². The maximum Gasteiger partial charge on any atom is 0.248 e. The van der Waals surface area contributed by atoms with E-state index in [0.29, 0.717) is 12.3 Å². The first kappa shape index (κ1) is 11.2. The van der Waals surface area contributed by atoms with Crippen LogP contribution in [0.15, 0.2) is 16.6 Å². The SMILES string of the molecule is Cn1ccsc1=NC(=O)C[C@@H]1C[C@H]2CC[C@H]1C2. The van der Waals surface area contributed by atoms with E-state index >= 15 is 0 Å². The third-order valence-corrected chi connectivity index (χ3v) is 5.15. The third-order valence-electron chi connectivity index (χ3n) is 4.30. The molecule has 0 spiro atoms. The van der Waals surface area contributed by atoms with Crippen LogP contribution < -0.4 is 4.80 Å². The van der Waals surface area contributed by atoms with Gasteiger partial charge in [-0.25, -0.2) is 0 Å². The van der Waals surface area contributed by atoms with Crippen LogP contribution in [0.2, 0.25) is 0 Å². The second-order valence-electron chi connectivity index (χ2n) is 5.44. The maximum absolute atomic E-state index is 11.9. The molecule has 92 valence electrons. The Hall–Kier alpha value is -0.900. The van der Waals surface area contributed by atoms with Crippen molar-refractivity contribution in [2.24, 2.45) is 29.8 Å². The summed E-state index contributed by atoms with van der Waals surface area (Å²) in [6.45, 7) is 0. The topological polar surface area (TPSA) is 34.4 Å². The molecule has 2 saturated carbocycles. The fraction of sp³-hybridized carbons (Fsp3) is 0.692. The number of hydrogen-bond donors (Lipinski definition) is 0. The monoisotopic (exact) mass is 250 g/mol. The summed E-state index contributed by atoms with van der Waals surface area (Å²) < 4.78 is 1.91. The molecule has 2 bridgehead atoms. The summed E-state index contributed by atoms with van der Waals surface area (Å²) in [5, 5.41) is 1.96. The number of rotatable bonds is 2. The molecular weight excluding hydrogens is 232 g/mol. The van der Waals surface area contributed by atoms with E-state index in [2.05, 4.69) is 4.99 Å². The van der Waals surface area contributed by atoms with Gasteiger partial charge in [0.25, 0.3) is 0 Å². The molecule has 3 atom stereocenters. The molecule has 4 heteroatoms. The van der Waals surface area contributed by atoms with Crippen LogP contribution >= 0.6 is 11.3 Å². The number of carbonyl (C=O) groups excluding carboxylic acids is 1. The molecular formula is C13H18N2OS. The molecule has 0 saturated heterocycles. The van der Waals surface area contributed by atoms with Gasteiger partial charge >= 0.3 is 0 Å². The molecule has 3 nitrogen and oxygen atoms in total. The van der Waals surface area contributed by atoms with Crippen molar-refractivity contribution >= 4 is 17.2 Å². The second-order valence-corrected chi connectivity index (χ2v) is 6.31. The first-order valence-corrected chi connectivity index (χ1v) is 7.28. The van der Waals surface area contributed by atoms with Crippen LogP contribution in [-0.2, 0) is 11.8 Å². The lowest BCUT2D eigenvalue weighted by Crippen LogP contribution is -2.17. The molecule has 0 unspecified atom stereocenters. The van der Waals surface area contributed by atoms with Crippen LogP contribution in [0.5, 0.6) is 0 Å². The normalized spacial score (nSPS) is 32.3. The molecule has 0 radical (unpaired) electrons. The van der Waals surface area contributed by atoms with Gasteiger partial charge in [0, 0.05) is 25.0 Å². The zero-order valence-corrected chi connectivity index (χ0v) is 10.9. The van der Waals surface area contributed by atoms with E-state index < -0.39 is 0 Å². The summed E-state index contributed by atoms with van der Waals surface area (Å²) in [6.07, 6.45) is 7.97. The van der Waals surface area contributed by atoms with E-state index in [1.807, 2.05) is 23.2 Å². The highest BCUT2D eigenvalue weighted by Gasteiger charge is 2.39. The first-order chi connectivity index (χ1) is 8.22. The minimum atomic E-state index is 0.0700. The Morgan fingerprint density at radius 3 is 3.00 bits per heavy atom. The predicted molar refractivity (Wildman–Crippen MR) is 67.4 cm³/mol. The number of fused-ring (bicyclic) bond motifs is 2. The van der Waals surface area contributed by atoms with Crippen LogP contribution in [0.4, 0.5) is 0 Å². The van der Waals surface area contributed by atoms with Gasteiger partial charge in [-0.15, -0.1) is 11.3 Å². The van der Waals surface area contributed by atoms with Gasteiger partial charge in [0.15, 0.2) is 4.80 Å².